The molecule has 1 saturated heterocycles. The highest BCUT2D eigenvalue weighted by molar-refractivity contribution is 6.31. The van der Waals surface area contributed by atoms with Crippen molar-refractivity contribution < 1.29 is 4.79 Å². The van der Waals surface area contributed by atoms with Crippen molar-refractivity contribution in [3.63, 3.8) is 0 Å². The minimum Gasteiger partial charge on any atom is -0.348 e. The Morgan fingerprint density at radius 2 is 2.23 bits per heavy atom. The highest BCUT2D eigenvalue weighted by Crippen LogP contribution is 2.22. The number of amides is 1. The van der Waals surface area contributed by atoms with Gasteiger partial charge < -0.3 is 11.1 Å². The van der Waals surface area contributed by atoms with Gasteiger partial charge in [-0.05, 0) is 50.9 Å². The van der Waals surface area contributed by atoms with Crippen molar-refractivity contribution in [2.24, 2.45) is 5.73 Å². The highest BCUT2D eigenvalue weighted by Gasteiger charge is 2.24. The van der Waals surface area contributed by atoms with Crippen molar-refractivity contribution in [2.75, 3.05) is 19.6 Å². The van der Waals surface area contributed by atoms with Crippen LogP contribution in [0.3, 0.4) is 0 Å². The van der Waals surface area contributed by atoms with Gasteiger partial charge in [0.2, 0.25) is 5.91 Å². The van der Waals surface area contributed by atoms with E-state index in [0.29, 0.717) is 24.2 Å². The molecular formula is C17H26ClN3O. The van der Waals surface area contributed by atoms with Gasteiger partial charge in [0.05, 0.1) is 12.6 Å². The SMILES string of the molecule is CC(NC(=O)CN1CCCCC1CCN)c1ccccc1Cl. The van der Waals surface area contributed by atoms with Crippen LogP contribution in [0.5, 0.6) is 0 Å². The second-order valence-electron chi connectivity index (χ2n) is 6.01. The highest BCUT2D eigenvalue weighted by atomic mass is 35.5. The normalized spacial score (nSPS) is 20.6. The molecule has 0 radical (unpaired) electrons. The molecule has 0 aliphatic carbocycles. The van der Waals surface area contributed by atoms with E-state index in [4.69, 9.17) is 17.3 Å². The van der Waals surface area contributed by atoms with Crippen molar-refractivity contribution >= 4 is 17.5 Å². The summed E-state index contributed by atoms with van der Waals surface area (Å²) in [6.07, 6.45) is 4.51. The fourth-order valence-corrected chi connectivity index (χ4v) is 3.46. The number of carbonyl (C=O) groups is 1. The van der Waals surface area contributed by atoms with E-state index >= 15 is 0 Å². The summed E-state index contributed by atoms with van der Waals surface area (Å²) >= 11 is 6.18. The van der Waals surface area contributed by atoms with Crippen molar-refractivity contribution in [3.8, 4) is 0 Å². The smallest absolute Gasteiger partial charge is 0.234 e. The number of carbonyl (C=O) groups excluding carboxylic acids is 1. The molecule has 122 valence electrons. The number of halogens is 1. The fraction of sp³-hybridized carbons (Fsp3) is 0.588. The lowest BCUT2D eigenvalue weighted by Crippen LogP contribution is -2.46. The van der Waals surface area contributed by atoms with E-state index < -0.39 is 0 Å². The van der Waals surface area contributed by atoms with Gasteiger partial charge in [-0.1, -0.05) is 36.2 Å². The molecule has 0 saturated carbocycles. The van der Waals surface area contributed by atoms with Gasteiger partial charge in [-0.25, -0.2) is 0 Å². The van der Waals surface area contributed by atoms with Crippen LogP contribution < -0.4 is 11.1 Å². The molecule has 1 aliphatic heterocycles. The van der Waals surface area contributed by atoms with E-state index in [1.807, 2.05) is 31.2 Å². The molecule has 0 bridgehead atoms. The van der Waals surface area contributed by atoms with Crippen LogP contribution in [-0.4, -0.2) is 36.5 Å². The van der Waals surface area contributed by atoms with Crippen LogP contribution in [0.4, 0.5) is 0 Å². The molecule has 1 amide bonds. The summed E-state index contributed by atoms with van der Waals surface area (Å²) in [5.74, 6) is 0.0522. The number of rotatable bonds is 6. The Hall–Kier alpha value is -1.10. The molecule has 3 N–H and O–H groups in total. The summed E-state index contributed by atoms with van der Waals surface area (Å²) in [6.45, 7) is 4.07. The predicted molar refractivity (Wildman–Crippen MR) is 90.9 cm³/mol. The third-order valence-corrected chi connectivity index (χ3v) is 4.69. The fourth-order valence-electron chi connectivity index (χ4n) is 3.16. The van der Waals surface area contributed by atoms with Crippen LogP contribution >= 0.6 is 11.6 Å². The molecule has 0 spiro atoms. The number of piperidine rings is 1. The standard InChI is InChI=1S/C17H26ClN3O/c1-13(15-7-2-3-8-16(15)18)20-17(22)12-21-11-5-4-6-14(21)9-10-19/h2-3,7-8,13-14H,4-6,9-12,19H2,1H3,(H,20,22). The second kappa shape index (κ2) is 8.51. The Morgan fingerprint density at radius 1 is 1.45 bits per heavy atom. The van der Waals surface area contributed by atoms with Gasteiger partial charge in [-0.15, -0.1) is 0 Å². The van der Waals surface area contributed by atoms with Gasteiger partial charge in [0.25, 0.3) is 0 Å². The van der Waals surface area contributed by atoms with E-state index in [-0.39, 0.29) is 11.9 Å². The van der Waals surface area contributed by atoms with Crippen LogP contribution in [0.1, 0.15) is 44.2 Å². The predicted octanol–water partition coefficient (Wildman–Crippen LogP) is 2.72. The average molecular weight is 324 g/mol. The van der Waals surface area contributed by atoms with E-state index in [0.717, 1.165) is 31.4 Å². The molecule has 4 nitrogen and oxygen atoms in total. The largest absolute Gasteiger partial charge is 0.348 e. The number of hydrogen-bond acceptors (Lipinski definition) is 3. The summed E-state index contributed by atoms with van der Waals surface area (Å²) in [7, 11) is 0. The number of benzene rings is 1. The molecular weight excluding hydrogens is 298 g/mol. The number of nitrogens with one attached hydrogen (secondary N) is 1. The van der Waals surface area contributed by atoms with Gasteiger partial charge in [0.1, 0.15) is 0 Å². The number of nitrogens with two attached hydrogens (primary N) is 1. The summed E-state index contributed by atoms with van der Waals surface area (Å²) in [4.78, 5) is 14.6. The third-order valence-electron chi connectivity index (χ3n) is 4.34. The molecule has 2 rings (SSSR count). The van der Waals surface area contributed by atoms with E-state index in [1.165, 1.54) is 6.42 Å². The zero-order chi connectivity index (χ0) is 15.9. The number of hydrogen-bond donors (Lipinski definition) is 2. The maximum atomic E-state index is 12.3. The Morgan fingerprint density at radius 3 is 2.95 bits per heavy atom. The van der Waals surface area contributed by atoms with Gasteiger partial charge >= 0.3 is 0 Å². The van der Waals surface area contributed by atoms with Crippen molar-refractivity contribution in [1.82, 2.24) is 10.2 Å². The molecule has 2 atom stereocenters. The lowest BCUT2D eigenvalue weighted by atomic mass is 9.99. The number of likely N-dealkylation sites (tertiary alicyclic amines) is 1. The average Bonchev–Trinajstić information content (AvgIpc) is 2.49. The lowest BCUT2D eigenvalue weighted by Gasteiger charge is -2.35. The topological polar surface area (TPSA) is 58.4 Å². The Balaban J connectivity index is 1.90. The van der Waals surface area contributed by atoms with Crippen LogP contribution in [0.2, 0.25) is 5.02 Å². The molecule has 1 aromatic carbocycles. The first-order valence-electron chi connectivity index (χ1n) is 8.09. The van der Waals surface area contributed by atoms with Crippen molar-refractivity contribution in [2.45, 2.75) is 44.7 Å². The van der Waals surface area contributed by atoms with Gasteiger partial charge in [-0.2, -0.15) is 0 Å². The first kappa shape index (κ1) is 17.3. The van der Waals surface area contributed by atoms with Crippen LogP contribution in [0.25, 0.3) is 0 Å². The van der Waals surface area contributed by atoms with Crippen molar-refractivity contribution in [3.05, 3.63) is 34.9 Å². The lowest BCUT2D eigenvalue weighted by molar-refractivity contribution is -0.123. The summed E-state index contributed by atoms with van der Waals surface area (Å²) in [5, 5.41) is 3.74. The third kappa shape index (κ3) is 4.70. The molecule has 0 aromatic heterocycles. The number of nitrogens with zero attached hydrogens (tertiary/aromatic N) is 1. The van der Waals surface area contributed by atoms with Crippen LogP contribution in [-0.2, 0) is 4.79 Å². The summed E-state index contributed by atoms with van der Waals surface area (Å²) in [6, 6.07) is 7.99. The molecule has 1 aromatic rings. The maximum Gasteiger partial charge on any atom is 0.234 e. The minimum absolute atomic E-state index is 0.0522. The molecule has 22 heavy (non-hydrogen) atoms. The first-order chi connectivity index (χ1) is 10.6. The zero-order valence-corrected chi connectivity index (χ0v) is 14.0. The Kier molecular flexibility index (Phi) is 6.68. The molecule has 1 aliphatic rings. The zero-order valence-electron chi connectivity index (χ0n) is 13.2. The minimum atomic E-state index is -0.0843. The molecule has 1 heterocycles. The van der Waals surface area contributed by atoms with E-state index in [9.17, 15) is 4.79 Å². The first-order valence-corrected chi connectivity index (χ1v) is 8.47. The molecule has 5 heteroatoms. The van der Waals surface area contributed by atoms with Gasteiger partial charge in [-0.3, -0.25) is 9.69 Å². The Labute approximate surface area is 138 Å². The van der Waals surface area contributed by atoms with Crippen molar-refractivity contribution in [1.29, 1.82) is 0 Å². The monoisotopic (exact) mass is 323 g/mol. The van der Waals surface area contributed by atoms with Gasteiger partial charge in [0, 0.05) is 11.1 Å². The Bertz CT molecular complexity index is 493. The van der Waals surface area contributed by atoms with Gasteiger partial charge in [0.15, 0.2) is 0 Å². The summed E-state index contributed by atoms with van der Waals surface area (Å²) < 4.78 is 0. The quantitative estimate of drug-likeness (QED) is 0.846. The van der Waals surface area contributed by atoms with E-state index in [2.05, 4.69) is 10.2 Å². The van der Waals surface area contributed by atoms with Crippen LogP contribution in [0.15, 0.2) is 24.3 Å². The maximum absolute atomic E-state index is 12.3. The van der Waals surface area contributed by atoms with E-state index in [1.54, 1.807) is 0 Å². The second-order valence-corrected chi connectivity index (χ2v) is 6.42. The van der Waals surface area contributed by atoms with Crippen LogP contribution in [0, 0.1) is 0 Å². The molecule has 1 fully saturated rings. The summed E-state index contributed by atoms with van der Waals surface area (Å²) in [5.41, 5.74) is 6.64. The molecule has 2 unspecified atom stereocenters.